The van der Waals surface area contributed by atoms with Crippen molar-refractivity contribution in [2.24, 2.45) is 23.7 Å². The Morgan fingerprint density at radius 3 is 2.13 bits per heavy atom. The molecule has 2 aliphatic rings. The summed E-state index contributed by atoms with van der Waals surface area (Å²) in [4.78, 5) is 0. The quantitative estimate of drug-likeness (QED) is 0.235. The molecule has 2 fully saturated rings. The summed E-state index contributed by atoms with van der Waals surface area (Å²) in [6.45, 7) is 8.29. The van der Waals surface area contributed by atoms with Crippen LogP contribution in [0.5, 0.6) is 11.5 Å². The van der Waals surface area contributed by atoms with Crippen LogP contribution in [0, 0.1) is 35.3 Å². The topological polar surface area (TPSA) is 18.5 Å². The Morgan fingerprint density at radius 1 is 0.833 bits per heavy atom. The van der Waals surface area contributed by atoms with Crippen LogP contribution in [0.1, 0.15) is 64.2 Å². The Bertz CT molecular complexity index is 695. The molecule has 0 aromatic heterocycles. The molecule has 0 spiro atoms. The van der Waals surface area contributed by atoms with Crippen LogP contribution in [-0.4, -0.2) is 13.2 Å². The van der Waals surface area contributed by atoms with Gasteiger partial charge in [0.15, 0.2) is 11.5 Å². The van der Waals surface area contributed by atoms with Crippen molar-refractivity contribution in [2.45, 2.75) is 64.2 Å². The van der Waals surface area contributed by atoms with Crippen molar-refractivity contribution in [3.63, 3.8) is 0 Å². The number of benzene rings is 1. The fourth-order valence-corrected chi connectivity index (χ4v) is 5.09. The van der Waals surface area contributed by atoms with Gasteiger partial charge < -0.3 is 9.47 Å². The lowest BCUT2D eigenvalue weighted by Crippen LogP contribution is -2.25. The van der Waals surface area contributed by atoms with Gasteiger partial charge in [-0.2, -0.15) is 8.78 Å². The third kappa shape index (κ3) is 6.09. The van der Waals surface area contributed by atoms with Crippen LogP contribution in [0.15, 0.2) is 37.4 Å². The molecule has 30 heavy (non-hydrogen) atoms. The molecule has 0 amide bonds. The largest absolute Gasteiger partial charge is 0.490 e. The lowest BCUT2D eigenvalue weighted by atomic mass is 9.73. The van der Waals surface area contributed by atoms with E-state index in [-0.39, 0.29) is 18.1 Å². The summed E-state index contributed by atoms with van der Waals surface area (Å²) in [5.41, 5.74) is 0. The summed E-state index contributed by atoms with van der Waals surface area (Å²) in [6.07, 6.45) is 15.6. The standard InChI is InChI=1S/C26H36F2O2/c1-3-5-17-29-23-15-16-24(26(28)25(23)27)30-18-20-10-13-22(14-11-20)21-8-6-7-19(4-2)9-12-21/h3-4,15-16,19-22H,1-2,5-14,17-18H2. The Kier molecular flexibility index (Phi) is 8.77. The highest BCUT2D eigenvalue weighted by Gasteiger charge is 2.29. The minimum Gasteiger partial charge on any atom is -0.490 e. The van der Waals surface area contributed by atoms with Crippen LogP contribution in [-0.2, 0) is 0 Å². The van der Waals surface area contributed by atoms with E-state index in [2.05, 4.69) is 19.2 Å². The van der Waals surface area contributed by atoms with Gasteiger partial charge in [-0.15, -0.1) is 13.2 Å². The van der Waals surface area contributed by atoms with Crippen LogP contribution in [0.2, 0.25) is 0 Å². The van der Waals surface area contributed by atoms with Crippen molar-refractivity contribution in [2.75, 3.05) is 13.2 Å². The van der Waals surface area contributed by atoms with E-state index in [9.17, 15) is 8.78 Å². The molecule has 0 aliphatic heterocycles. The van der Waals surface area contributed by atoms with Crippen molar-refractivity contribution in [1.29, 1.82) is 0 Å². The van der Waals surface area contributed by atoms with E-state index in [0.29, 0.717) is 24.9 Å². The van der Waals surface area contributed by atoms with Crippen LogP contribution >= 0.6 is 0 Å². The first kappa shape index (κ1) is 22.8. The molecule has 1 aromatic carbocycles. The summed E-state index contributed by atoms with van der Waals surface area (Å²) in [5, 5.41) is 0. The second-order valence-corrected chi connectivity index (χ2v) is 8.97. The summed E-state index contributed by atoms with van der Waals surface area (Å²) in [6, 6.07) is 2.91. The smallest absolute Gasteiger partial charge is 0.204 e. The predicted octanol–water partition coefficient (Wildman–Crippen LogP) is 7.49. The first-order valence-corrected chi connectivity index (χ1v) is 11.6. The van der Waals surface area contributed by atoms with Gasteiger partial charge in [-0.3, -0.25) is 0 Å². The van der Waals surface area contributed by atoms with Crippen molar-refractivity contribution >= 4 is 0 Å². The van der Waals surface area contributed by atoms with Crippen molar-refractivity contribution in [3.8, 4) is 11.5 Å². The number of hydrogen-bond donors (Lipinski definition) is 0. The van der Waals surface area contributed by atoms with Crippen LogP contribution in [0.3, 0.4) is 0 Å². The van der Waals surface area contributed by atoms with Gasteiger partial charge in [-0.25, -0.2) is 0 Å². The monoisotopic (exact) mass is 418 g/mol. The Labute approximate surface area is 180 Å². The third-order valence-electron chi connectivity index (χ3n) is 7.02. The first-order chi connectivity index (χ1) is 14.6. The van der Waals surface area contributed by atoms with E-state index < -0.39 is 11.6 Å². The number of hydrogen-bond acceptors (Lipinski definition) is 2. The molecule has 4 heteroatoms. The van der Waals surface area contributed by atoms with Crippen LogP contribution < -0.4 is 9.47 Å². The van der Waals surface area contributed by atoms with Gasteiger partial charge in [0.1, 0.15) is 0 Å². The van der Waals surface area contributed by atoms with Gasteiger partial charge in [-0.05, 0) is 87.2 Å². The molecule has 0 saturated heterocycles. The highest BCUT2D eigenvalue weighted by molar-refractivity contribution is 5.35. The minimum absolute atomic E-state index is 0.0232. The highest BCUT2D eigenvalue weighted by atomic mass is 19.2. The number of rotatable bonds is 9. The van der Waals surface area contributed by atoms with Gasteiger partial charge >= 0.3 is 0 Å². The fraction of sp³-hybridized carbons (Fsp3) is 0.615. The molecular weight excluding hydrogens is 382 g/mol. The Hall–Kier alpha value is -1.84. The lowest BCUT2D eigenvalue weighted by molar-refractivity contribution is 0.143. The molecule has 2 unspecified atom stereocenters. The van der Waals surface area contributed by atoms with Gasteiger partial charge in [-0.1, -0.05) is 25.0 Å². The zero-order chi connectivity index (χ0) is 21.3. The maximum absolute atomic E-state index is 14.3. The number of allylic oxidation sites excluding steroid dienone is 1. The third-order valence-corrected chi connectivity index (χ3v) is 7.02. The average Bonchev–Trinajstić information content (AvgIpc) is 3.02. The number of halogens is 2. The maximum atomic E-state index is 14.3. The normalized spacial score (nSPS) is 27.1. The molecule has 0 N–H and O–H groups in total. The molecule has 2 atom stereocenters. The molecule has 1 aromatic rings. The zero-order valence-electron chi connectivity index (χ0n) is 18.1. The minimum atomic E-state index is -0.980. The average molecular weight is 419 g/mol. The summed E-state index contributed by atoms with van der Waals surface area (Å²) < 4.78 is 39.4. The molecule has 0 heterocycles. The lowest BCUT2D eigenvalue weighted by Gasteiger charge is -2.33. The summed E-state index contributed by atoms with van der Waals surface area (Å²) >= 11 is 0. The van der Waals surface area contributed by atoms with Crippen molar-refractivity contribution < 1.29 is 18.3 Å². The van der Waals surface area contributed by atoms with Gasteiger partial charge in [0.2, 0.25) is 11.6 Å². The molecule has 166 valence electrons. The molecule has 3 rings (SSSR count). The summed E-state index contributed by atoms with van der Waals surface area (Å²) in [5.74, 6) is 0.728. The van der Waals surface area contributed by atoms with E-state index in [4.69, 9.17) is 9.47 Å². The van der Waals surface area contributed by atoms with E-state index in [0.717, 1.165) is 24.7 Å². The first-order valence-electron chi connectivity index (χ1n) is 11.6. The molecule has 0 radical (unpaired) electrons. The fourth-order valence-electron chi connectivity index (χ4n) is 5.09. The second kappa shape index (κ2) is 11.5. The number of ether oxygens (including phenoxy) is 2. The van der Waals surface area contributed by atoms with Gasteiger partial charge in [0.05, 0.1) is 13.2 Å². The molecule has 2 nitrogen and oxygen atoms in total. The van der Waals surface area contributed by atoms with E-state index in [1.165, 1.54) is 57.1 Å². The predicted molar refractivity (Wildman–Crippen MR) is 118 cm³/mol. The Morgan fingerprint density at radius 2 is 1.47 bits per heavy atom. The summed E-state index contributed by atoms with van der Waals surface area (Å²) in [7, 11) is 0. The van der Waals surface area contributed by atoms with E-state index >= 15 is 0 Å². The maximum Gasteiger partial charge on any atom is 0.204 e. The molecular formula is C26H36F2O2. The van der Waals surface area contributed by atoms with Gasteiger partial charge in [0, 0.05) is 0 Å². The van der Waals surface area contributed by atoms with E-state index in [1.54, 1.807) is 6.08 Å². The molecule has 2 aliphatic carbocycles. The Balaban J connectivity index is 1.45. The van der Waals surface area contributed by atoms with Gasteiger partial charge in [0.25, 0.3) is 0 Å². The van der Waals surface area contributed by atoms with Crippen LogP contribution in [0.4, 0.5) is 8.78 Å². The van der Waals surface area contributed by atoms with Crippen LogP contribution in [0.25, 0.3) is 0 Å². The van der Waals surface area contributed by atoms with E-state index in [1.807, 2.05) is 0 Å². The molecule has 0 bridgehead atoms. The SMILES string of the molecule is C=CCCOc1ccc(OCC2CCC(C3CCCC(C=C)CC3)CC2)c(F)c1F. The highest BCUT2D eigenvalue weighted by Crippen LogP contribution is 2.40. The zero-order valence-corrected chi connectivity index (χ0v) is 18.1. The van der Waals surface area contributed by atoms with Crippen molar-refractivity contribution in [3.05, 3.63) is 49.1 Å². The van der Waals surface area contributed by atoms with Crippen molar-refractivity contribution in [1.82, 2.24) is 0 Å². The second-order valence-electron chi connectivity index (χ2n) is 8.97. The molecule has 2 saturated carbocycles.